The summed E-state index contributed by atoms with van der Waals surface area (Å²) >= 11 is 0. The first-order chi connectivity index (χ1) is 10.3. The van der Waals surface area contributed by atoms with Gasteiger partial charge in [0.25, 0.3) is 0 Å². The van der Waals surface area contributed by atoms with Gasteiger partial charge in [-0.3, -0.25) is 19.4 Å². The summed E-state index contributed by atoms with van der Waals surface area (Å²) in [7, 11) is -5.02. The lowest BCUT2D eigenvalue weighted by Gasteiger charge is -2.20. The maximum atomic E-state index is 12.5. The van der Waals surface area contributed by atoms with E-state index in [0.717, 1.165) is 6.07 Å². The zero-order valence-electron chi connectivity index (χ0n) is 10.9. The van der Waals surface area contributed by atoms with Crippen molar-refractivity contribution < 1.29 is 33.6 Å². The van der Waals surface area contributed by atoms with Crippen molar-refractivity contribution in [2.24, 2.45) is 0 Å². The second-order valence-corrected chi connectivity index (χ2v) is 5.79. The molecule has 2 aromatic rings. The van der Waals surface area contributed by atoms with Gasteiger partial charge in [0.2, 0.25) is 0 Å². The Bertz CT molecular complexity index is 865. The van der Waals surface area contributed by atoms with E-state index in [4.69, 9.17) is 9.79 Å². The van der Waals surface area contributed by atoms with Gasteiger partial charge in [-0.2, -0.15) is 0 Å². The average Bonchev–Trinajstić information content (AvgIpc) is 2.45. The topological polar surface area (TPSA) is 121 Å². The highest BCUT2D eigenvalue weighted by Crippen LogP contribution is 2.46. The fraction of sp³-hybridized carbons (Fsp3) is 0. The van der Waals surface area contributed by atoms with Crippen molar-refractivity contribution in [3.63, 3.8) is 0 Å². The second-order valence-electron chi connectivity index (χ2n) is 4.62. The summed E-state index contributed by atoms with van der Waals surface area (Å²) in [6.45, 7) is 0. The number of fused-ring (bicyclic) bond motifs is 2. The zero-order chi connectivity index (χ0) is 16.1. The smallest absolute Gasteiger partial charge is 0.504 e. The molecule has 0 heterocycles. The molecule has 2 aromatic carbocycles. The Balaban J connectivity index is 2.29. The molecule has 0 radical (unpaired) electrons. The van der Waals surface area contributed by atoms with E-state index in [-0.39, 0.29) is 22.3 Å². The highest BCUT2D eigenvalue weighted by atomic mass is 31.2. The highest BCUT2D eigenvalue weighted by molar-refractivity contribution is 7.46. The first kappa shape index (κ1) is 14.5. The van der Waals surface area contributed by atoms with Crippen LogP contribution in [0.4, 0.5) is 0 Å². The van der Waals surface area contributed by atoms with Gasteiger partial charge in [0.05, 0.1) is 5.56 Å². The number of hydrogen-bond acceptors (Lipinski definition) is 5. The molecule has 22 heavy (non-hydrogen) atoms. The summed E-state index contributed by atoms with van der Waals surface area (Å²) in [4.78, 5) is 42.8. The molecule has 0 spiro atoms. The number of ketones is 2. The van der Waals surface area contributed by atoms with Crippen LogP contribution in [0, 0.1) is 0 Å². The Morgan fingerprint density at radius 1 is 0.864 bits per heavy atom. The lowest BCUT2D eigenvalue weighted by Crippen LogP contribution is -2.21. The van der Waals surface area contributed by atoms with E-state index in [0.29, 0.717) is 0 Å². The number of carbonyl (C=O) groups excluding carboxylic acids is 2. The lowest BCUT2D eigenvalue weighted by molar-refractivity contribution is 0.0976. The Morgan fingerprint density at radius 3 is 2.05 bits per heavy atom. The number of carbonyl (C=O) groups is 2. The minimum Gasteiger partial charge on any atom is -0.504 e. The quantitative estimate of drug-likeness (QED) is 0.614. The minimum absolute atomic E-state index is 0.0787. The summed E-state index contributed by atoms with van der Waals surface area (Å²) < 4.78 is 15.4. The van der Waals surface area contributed by atoms with Crippen LogP contribution in [0.1, 0.15) is 31.8 Å². The number of phenols is 1. The van der Waals surface area contributed by atoms with E-state index in [1.807, 2.05) is 0 Å². The lowest BCUT2D eigenvalue weighted by atomic mass is 9.83. The molecule has 1 aliphatic rings. The predicted octanol–water partition coefficient (Wildman–Crippen LogP) is 1.64. The molecule has 7 nitrogen and oxygen atoms in total. The summed E-state index contributed by atoms with van der Waals surface area (Å²) in [5.74, 6) is -2.47. The molecule has 0 fully saturated rings. The summed E-state index contributed by atoms with van der Waals surface area (Å²) in [6, 6.07) is 8.32. The SMILES string of the molecule is O=C1c2ccccc2C(=O)c2c1ccc(O)c2OP(=O)(O)O. The molecule has 0 unspecified atom stereocenters. The number of phosphoric ester groups is 1. The number of aromatic hydroxyl groups is 1. The molecule has 0 aliphatic heterocycles. The summed E-state index contributed by atoms with van der Waals surface area (Å²) in [5, 5.41) is 9.75. The average molecular weight is 320 g/mol. The van der Waals surface area contributed by atoms with Gasteiger partial charge in [-0.05, 0) is 12.1 Å². The Morgan fingerprint density at radius 2 is 1.45 bits per heavy atom. The zero-order valence-corrected chi connectivity index (χ0v) is 11.8. The van der Waals surface area contributed by atoms with Crippen LogP contribution in [-0.2, 0) is 4.57 Å². The van der Waals surface area contributed by atoms with E-state index in [1.54, 1.807) is 12.1 Å². The van der Waals surface area contributed by atoms with Crippen LogP contribution in [0.25, 0.3) is 0 Å². The number of phenolic OH excluding ortho intramolecular Hbond substituents is 1. The van der Waals surface area contributed by atoms with Crippen molar-refractivity contribution in [1.29, 1.82) is 0 Å². The summed E-state index contributed by atoms with van der Waals surface area (Å²) in [6.07, 6.45) is 0. The van der Waals surface area contributed by atoms with E-state index in [2.05, 4.69) is 4.52 Å². The molecule has 3 rings (SSSR count). The van der Waals surface area contributed by atoms with Gasteiger partial charge in [0, 0.05) is 16.7 Å². The van der Waals surface area contributed by atoms with E-state index >= 15 is 0 Å². The maximum absolute atomic E-state index is 12.5. The standard InChI is InChI=1S/C14H9O7P/c15-10-6-5-9-11(14(10)21-22(18,19)20)13(17)8-4-2-1-3-7(8)12(9)16/h1-6,15H,(H2,18,19,20). The third-order valence-electron chi connectivity index (χ3n) is 3.24. The van der Waals surface area contributed by atoms with Gasteiger partial charge >= 0.3 is 7.82 Å². The van der Waals surface area contributed by atoms with E-state index in [9.17, 15) is 19.3 Å². The van der Waals surface area contributed by atoms with Crippen molar-refractivity contribution in [2.45, 2.75) is 0 Å². The van der Waals surface area contributed by atoms with E-state index in [1.165, 1.54) is 18.2 Å². The second kappa shape index (κ2) is 4.78. The minimum atomic E-state index is -5.02. The maximum Gasteiger partial charge on any atom is 0.524 e. The fourth-order valence-corrected chi connectivity index (χ4v) is 2.78. The first-order valence-electron chi connectivity index (χ1n) is 6.09. The van der Waals surface area contributed by atoms with Crippen LogP contribution in [0.5, 0.6) is 11.5 Å². The van der Waals surface area contributed by atoms with Crippen molar-refractivity contribution >= 4 is 19.4 Å². The molecule has 112 valence electrons. The van der Waals surface area contributed by atoms with Gasteiger partial charge in [-0.1, -0.05) is 24.3 Å². The van der Waals surface area contributed by atoms with Gasteiger partial charge in [-0.15, -0.1) is 0 Å². The first-order valence-corrected chi connectivity index (χ1v) is 7.62. The van der Waals surface area contributed by atoms with Crippen LogP contribution in [0.15, 0.2) is 36.4 Å². The van der Waals surface area contributed by atoms with Gasteiger partial charge in [0.1, 0.15) is 0 Å². The van der Waals surface area contributed by atoms with Crippen LogP contribution in [0.3, 0.4) is 0 Å². The summed E-state index contributed by atoms with van der Waals surface area (Å²) in [5.41, 5.74) is -0.161. The highest BCUT2D eigenvalue weighted by Gasteiger charge is 2.35. The van der Waals surface area contributed by atoms with Crippen molar-refractivity contribution in [1.82, 2.24) is 0 Å². The molecule has 8 heteroatoms. The van der Waals surface area contributed by atoms with Crippen molar-refractivity contribution in [3.8, 4) is 11.5 Å². The normalized spacial score (nSPS) is 13.5. The van der Waals surface area contributed by atoms with Gasteiger partial charge < -0.3 is 9.63 Å². The molecule has 0 atom stereocenters. The molecular formula is C14H9O7P. The van der Waals surface area contributed by atoms with Crippen LogP contribution < -0.4 is 4.52 Å². The molecule has 0 amide bonds. The number of rotatable bonds is 2. The third kappa shape index (κ3) is 2.21. The van der Waals surface area contributed by atoms with Gasteiger partial charge in [-0.25, -0.2) is 4.57 Å². The fourth-order valence-electron chi connectivity index (χ4n) is 2.36. The number of hydrogen-bond donors (Lipinski definition) is 3. The van der Waals surface area contributed by atoms with Crippen LogP contribution >= 0.6 is 7.82 Å². The third-order valence-corrected chi connectivity index (χ3v) is 3.66. The molecule has 1 aliphatic carbocycles. The monoisotopic (exact) mass is 320 g/mol. The Labute approximate surface area is 124 Å². The Kier molecular flexibility index (Phi) is 3.14. The molecule has 0 saturated heterocycles. The molecular weight excluding hydrogens is 311 g/mol. The van der Waals surface area contributed by atoms with Gasteiger partial charge in [0.15, 0.2) is 23.1 Å². The van der Waals surface area contributed by atoms with E-state index < -0.39 is 30.9 Å². The molecule has 0 aromatic heterocycles. The number of benzene rings is 2. The number of phosphoric acid groups is 1. The molecule has 3 N–H and O–H groups in total. The van der Waals surface area contributed by atoms with Crippen molar-refractivity contribution in [2.75, 3.05) is 0 Å². The van der Waals surface area contributed by atoms with Crippen LogP contribution in [-0.4, -0.2) is 26.5 Å². The van der Waals surface area contributed by atoms with Crippen LogP contribution in [0.2, 0.25) is 0 Å². The molecule has 0 saturated carbocycles. The van der Waals surface area contributed by atoms with Crippen molar-refractivity contribution in [3.05, 3.63) is 58.7 Å². The predicted molar refractivity (Wildman–Crippen MR) is 74.1 cm³/mol. The largest absolute Gasteiger partial charge is 0.524 e. The molecule has 0 bridgehead atoms. The Hall–Kier alpha value is -2.47.